The van der Waals surface area contributed by atoms with Crippen molar-refractivity contribution >= 4 is 45.0 Å². The molecule has 0 aromatic heterocycles. The maximum atomic E-state index is 13.1. The largest absolute Gasteiger partial charge is 0.334 e. The Balaban J connectivity index is 1.49. The maximum absolute atomic E-state index is 13.1. The fourth-order valence-corrected chi connectivity index (χ4v) is 4.27. The number of aliphatic imine (C=N–C) groups is 1. The molecular weight excluding hydrogens is 378 g/mol. The molecule has 0 spiro atoms. The van der Waals surface area contributed by atoms with Gasteiger partial charge in [-0.05, 0) is 43.9 Å². The predicted molar refractivity (Wildman–Crippen MR) is 124 cm³/mol. The van der Waals surface area contributed by atoms with Crippen LogP contribution in [-0.2, 0) is 11.3 Å². The lowest BCUT2D eigenvalue weighted by Gasteiger charge is -2.36. The second kappa shape index (κ2) is 7.91. The van der Waals surface area contributed by atoms with Crippen molar-refractivity contribution in [3.63, 3.8) is 0 Å². The molecule has 29 heavy (non-hydrogen) atoms. The fourth-order valence-electron chi connectivity index (χ4n) is 3.51. The number of hydrogen-bond acceptors (Lipinski definition) is 4. The van der Waals surface area contributed by atoms with E-state index >= 15 is 0 Å². The highest BCUT2D eigenvalue weighted by atomic mass is 32.2. The average molecular weight is 404 g/mol. The molecule has 4 nitrogen and oxygen atoms in total. The topological polar surface area (TPSA) is 44.7 Å². The molecular formula is C24H25N3OS. The van der Waals surface area contributed by atoms with Crippen LogP contribution in [0.25, 0.3) is 10.8 Å². The van der Waals surface area contributed by atoms with Gasteiger partial charge >= 0.3 is 0 Å². The van der Waals surface area contributed by atoms with E-state index in [0.29, 0.717) is 12.3 Å². The van der Waals surface area contributed by atoms with Crippen LogP contribution in [0, 0.1) is 0 Å². The van der Waals surface area contributed by atoms with Gasteiger partial charge in [-0.15, -0.1) is 0 Å². The summed E-state index contributed by atoms with van der Waals surface area (Å²) in [4.78, 5) is 19.8. The Morgan fingerprint density at radius 2 is 1.72 bits per heavy atom. The Morgan fingerprint density at radius 3 is 2.45 bits per heavy atom. The Bertz CT molecular complexity index is 1070. The zero-order valence-electron chi connectivity index (χ0n) is 17.0. The van der Waals surface area contributed by atoms with E-state index in [4.69, 9.17) is 4.99 Å². The average Bonchev–Trinajstić information content (AvgIpc) is 2.70. The molecule has 0 saturated heterocycles. The quantitative estimate of drug-likeness (QED) is 0.597. The summed E-state index contributed by atoms with van der Waals surface area (Å²) in [5, 5.41) is 6.44. The van der Waals surface area contributed by atoms with E-state index in [1.54, 1.807) is 0 Å². The van der Waals surface area contributed by atoms with Crippen LogP contribution >= 0.6 is 11.8 Å². The SMILES string of the molecule is CC(C)(C)N(Cc1ccccc1)C(=O)CSC1=Nc2cccc3cccc(c23)N1. The van der Waals surface area contributed by atoms with Gasteiger partial charge in [-0.25, -0.2) is 4.99 Å². The first kappa shape index (κ1) is 19.5. The summed E-state index contributed by atoms with van der Waals surface area (Å²) < 4.78 is 0. The summed E-state index contributed by atoms with van der Waals surface area (Å²) in [6.45, 7) is 6.83. The van der Waals surface area contributed by atoms with E-state index in [-0.39, 0.29) is 11.4 Å². The zero-order chi connectivity index (χ0) is 20.4. The van der Waals surface area contributed by atoms with Gasteiger partial charge < -0.3 is 10.2 Å². The van der Waals surface area contributed by atoms with Crippen molar-refractivity contribution in [1.29, 1.82) is 0 Å². The van der Waals surface area contributed by atoms with Crippen LogP contribution in [0.4, 0.5) is 11.4 Å². The van der Waals surface area contributed by atoms with Crippen molar-refractivity contribution in [3.05, 3.63) is 72.3 Å². The number of amides is 1. The second-order valence-corrected chi connectivity index (χ2v) is 9.11. The Labute approximate surface area is 176 Å². The van der Waals surface area contributed by atoms with Crippen LogP contribution in [0.3, 0.4) is 0 Å². The van der Waals surface area contributed by atoms with Gasteiger partial charge in [0.1, 0.15) is 0 Å². The molecule has 1 amide bonds. The molecule has 0 bridgehead atoms. The third-order valence-electron chi connectivity index (χ3n) is 4.97. The maximum Gasteiger partial charge on any atom is 0.233 e. The smallest absolute Gasteiger partial charge is 0.233 e. The van der Waals surface area contributed by atoms with Crippen molar-refractivity contribution in [2.24, 2.45) is 4.99 Å². The fraction of sp³-hybridized carbons (Fsp3) is 0.250. The highest BCUT2D eigenvalue weighted by molar-refractivity contribution is 8.14. The van der Waals surface area contributed by atoms with Crippen LogP contribution in [0.15, 0.2) is 71.7 Å². The molecule has 0 unspecified atom stereocenters. The molecule has 0 radical (unpaired) electrons. The first-order valence-corrected chi connectivity index (χ1v) is 10.7. The standard InChI is InChI=1S/C24H25N3OS/c1-24(2,3)27(15-17-9-5-4-6-10-17)21(28)16-29-23-25-19-13-7-11-18-12-8-14-20(26-23)22(18)19/h4-14H,15-16H2,1-3H3,(H,25,26). The molecule has 1 aliphatic rings. The molecule has 0 saturated carbocycles. The number of hydrogen-bond donors (Lipinski definition) is 1. The monoisotopic (exact) mass is 403 g/mol. The second-order valence-electron chi connectivity index (χ2n) is 8.15. The molecule has 0 aliphatic carbocycles. The zero-order valence-corrected chi connectivity index (χ0v) is 17.8. The molecule has 148 valence electrons. The lowest BCUT2D eigenvalue weighted by atomic mass is 10.0. The van der Waals surface area contributed by atoms with Crippen molar-refractivity contribution in [1.82, 2.24) is 4.90 Å². The van der Waals surface area contributed by atoms with Gasteiger partial charge in [0, 0.05) is 17.5 Å². The van der Waals surface area contributed by atoms with Gasteiger partial charge in [0.2, 0.25) is 5.91 Å². The first-order chi connectivity index (χ1) is 13.9. The molecule has 3 aromatic carbocycles. The molecule has 1 heterocycles. The molecule has 0 fully saturated rings. The summed E-state index contributed by atoms with van der Waals surface area (Å²) in [5.74, 6) is 0.446. The van der Waals surface area contributed by atoms with E-state index in [1.807, 2.05) is 41.3 Å². The van der Waals surface area contributed by atoms with E-state index in [1.165, 1.54) is 11.8 Å². The molecule has 4 rings (SSSR count). The summed E-state index contributed by atoms with van der Waals surface area (Å²) in [6, 6.07) is 22.4. The van der Waals surface area contributed by atoms with Crippen molar-refractivity contribution in [2.75, 3.05) is 11.1 Å². The van der Waals surface area contributed by atoms with Gasteiger partial charge in [-0.3, -0.25) is 4.79 Å². The van der Waals surface area contributed by atoms with E-state index in [9.17, 15) is 4.79 Å². The van der Waals surface area contributed by atoms with Gasteiger partial charge in [-0.1, -0.05) is 66.4 Å². The lowest BCUT2D eigenvalue weighted by Crippen LogP contribution is -2.46. The highest BCUT2D eigenvalue weighted by Gasteiger charge is 2.27. The van der Waals surface area contributed by atoms with Gasteiger partial charge in [0.15, 0.2) is 5.17 Å². The number of benzene rings is 3. The normalized spacial score (nSPS) is 13.0. The Kier molecular flexibility index (Phi) is 5.33. The number of nitrogens with one attached hydrogen (secondary N) is 1. The van der Waals surface area contributed by atoms with Crippen molar-refractivity contribution < 1.29 is 4.79 Å². The molecule has 3 aromatic rings. The van der Waals surface area contributed by atoms with Gasteiger partial charge in [0.05, 0.1) is 17.1 Å². The van der Waals surface area contributed by atoms with Crippen LogP contribution in [0.1, 0.15) is 26.3 Å². The number of amidine groups is 1. The van der Waals surface area contributed by atoms with Crippen LogP contribution in [-0.4, -0.2) is 27.3 Å². The highest BCUT2D eigenvalue weighted by Crippen LogP contribution is 2.37. The summed E-state index contributed by atoms with van der Waals surface area (Å²) >= 11 is 1.46. The third kappa shape index (κ3) is 4.30. The van der Waals surface area contributed by atoms with Gasteiger partial charge in [0.25, 0.3) is 0 Å². The van der Waals surface area contributed by atoms with Crippen molar-refractivity contribution in [2.45, 2.75) is 32.9 Å². The minimum atomic E-state index is -0.256. The summed E-state index contributed by atoms with van der Waals surface area (Å²) in [5.41, 5.74) is 2.87. The van der Waals surface area contributed by atoms with Crippen LogP contribution in [0.2, 0.25) is 0 Å². The Hall–Kier alpha value is -2.79. The number of thioether (sulfide) groups is 1. The number of nitrogens with zero attached hydrogens (tertiary/aromatic N) is 2. The van der Waals surface area contributed by atoms with Crippen molar-refractivity contribution in [3.8, 4) is 0 Å². The molecule has 5 heteroatoms. The number of carbonyl (C=O) groups is 1. The van der Waals surface area contributed by atoms with E-state index in [2.05, 4.69) is 56.4 Å². The molecule has 0 atom stereocenters. The number of rotatable bonds is 4. The van der Waals surface area contributed by atoms with E-state index < -0.39 is 0 Å². The van der Waals surface area contributed by atoms with Crippen LogP contribution in [0.5, 0.6) is 0 Å². The summed E-state index contributed by atoms with van der Waals surface area (Å²) in [6.07, 6.45) is 0. The lowest BCUT2D eigenvalue weighted by molar-refractivity contribution is -0.133. The molecule has 1 N–H and O–H groups in total. The third-order valence-corrected chi connectivity index (χ3v) is 5.83. The Morgan fingerprint density at radius 1 is 1.00 bits per heavy atom. The number of anilines is 1. The minimum absolute atomic E-state index is 0.105. The predicted octanol–water partition coefficient (Wildman–Crippen LogP) is 5.81. The number of carbonyl (C=O) groups excluding carboxylic acids is 1. The minimum Gasteiger partial charge on any atom is -0.334 e. The molecule has 1 aliphatic heterocycles. The van der Waals surface area contributed by atoms with Crippen LogP contribution < -0.4 is 5.32 Å². The summed E-state index contributed by atoms with van der Waals surface area (Å²) in [7, 11) is 0. The van der Waals surface area contributed by atoms with E-state index in [0.717, 1.165) is 32.9 Å². The van der Waals surface area contributed by atoms with Gasteiger partial charge in [-0.2, -0.15) is 0 Å². The first-order valence-electron chi connectivity index (χ1n) is 9.76.